The van der Waals surface area contributed by atoms with E-state index in [4.69, 9.17) is 0 Å². The Kier molecular flexibility index (Phi) is 6.24. The van der Waals surface area contributed by atoms with E-state index >= 15 is 0 Å². The van der Waals surface area contributed by atoms with Crippen LogP contribution in [0.25, 0.3) is 0 Å². The lowest BCUT2D eigenvalue weighted by molar-refractivity contribution is -0.133. The maximum atomic E-state index is 12.4. The molecule has 3 nitrogen and oxygen atoms in total. The lowest BCUT2D eigenvalue weighted by atomic mass is 9.75. The predicted molar refractivity (Wildman–Crippen MR) is 79.9 cm³/mol. The molecule has 0 bridgehead atoms. The molecule has 0 aliphatic carbocycles. The summed E-state index contributed by atoms with van der Waals surface area (Å²) in [5, 5.41) is 2.93. The van der Waals surface area contributed by atoms with Crippen LogP contribution in [-0.2, 0) is 9.59 Å². The van der Waals surface area contributed by atoms with E-state index in [0.717, 1.165) is 12.8 Å². The van der Waals surface area contributed by atoms with Crippen molar-refractivity contribution < 1.29 is 9.59 Å². The summed E-state index contributed by atoms with van der Waals surface area (Å²) >= 11 is 0. The summed E-state index contributed by atoms with van der Waals surface area (Å²) in [5.41, 5.74) is -0.297. The third-order valence-corrected chi connectivity index (χ3v) is 4.02. The summed E-state index contributed by atoms with van der Waals surface area (Å²) < 4.78 is 0. The van der Waals surface area contributed by atoms with Crippen molar-refractivity contribution in [2.24, 2.45) is 16.7 Å². The maximum Gasteiger partial charge on any atom is 0.223 e. The summed E-state index contributed by atoms with van der Waals surface area (Å²) in [6, 6.07) is -0.417. The van der Waals surface area contributed by atoms with Gasteiger partial charge in [0.1, 0.15) is 0 Å². The summed E-state index contributed by atoms with van der Waals surface area (Å²) in [5.74, 6) is -0.105. The van der Waals surface area contributed by atoms with Crippen molar-refractivity contribution in [1.82, 2.24) is 5.32 Å². The molecule has 2 unspecified atom stereocenters. The fraction of sp³-hybridized carbons (Fsp3) is 0.875. The normalized spacial score (nSPS) is 15.8. The van der Waals surface area contributed by atoms with Gasteiger partial charge in [-0.25, -0.2) is 0 Å². The van der Waals surface area contributed by atoms with Crippen LogP contribution in [-0.4, -0.2) is 17.7 Å². The minimum absolute atomic E-state index is 0.0151. The first kappa shape index (κ1) is 18.1. The van der Waals surface area contributed by atoms with Crippen molar-refractivity contribution in [3.63, 3.8) is 0 Å². The van der Waals surface area contributed by atoms with Crippen molar-refractivity contribution in [3.8, 4) is 0 Å². The smallest absolute Gasteiger partial charge is 0.223 e. The van der Waals surface area contributed by atoms with Gasteiger partial charge in [0.15, 0.2) is 5.78 Å². The Morgan fingerprint density at radius 2 is 1.58 bits per heavy atom. The molecule has 112 valence electrons. The number of carbonyl (C=O) groups excluding carboxylic acids is 2. The monoisotopic (exact) mass is 269 g/mol. The average Bonchev–Trinajstić information content (AvgIpc) is 2.22. The highest BCUT2D eigenvalue weighted by atomic mass is 16.2. The van der Waals surface area contributed by atoms with E-state index in [9.17, 15) is 9.59 Å². The van der Waals surface area contributed by atoms with Gasteiger partial charge in [-0.05, 0) is 24.2 Å². The van der Waals surface area contributed by atoms with Gasteiger partial charge in [0.2, 0.25) is 5.91 Å². The van der Waals surface area contributed by atoms with Crippen molar-refractivity contribution >= 4 is 11.7 Å². The van der Waals surface area contributed by atoms with Crippen LogP contribution < -0.4 is 5.32 Å². The van der Waals surface area contributed by atoms with Gasteiger partial charge >= 0.3 is 0 Å². The molecule has 0 aliphatic rings. The zero-order chi connectivity index (χ0) is 15.4. The van der Waals surface area contributed by atoms with E-state index < -0.39 is 6.04 Å². The highest BCUT2D eigenvalue weighted by Gasteiger charge is 2.35. The second kappa shape index (κ2) is 6.53. The van der Waals surface area contributed by atoms with Gasteiger partial charge in [-0.3, -0.25) is 9.59 Å². The second-order valence-corrected chi connectivity index (χ2v) is 7.38. The number of ketones is 1. The molecule has 1 amide bonds. The number of carbonyl (C=O) groups is 2. The fourth-order valence-corrected chi connectivity index (χ4v) is 2.41. The Hall–Kier alpha value is -0.860. The second-order valence-electron chi connectivity index (χ2n) is 7.38. The minimum atomic E-state index is -0.417. The van der Waals surface area contributed by atoms with Crippen LogP contribution in [0, 0.1) is 16.7 Å². The highest BCUT2D eigenvalue weighted by Crippen LogP contribution is 2.32. The summed E-state index contributed by atoms with van der Waals surface area (Å²) in [6.45, 7) is 15.8. The maximum absolute atomic E-state index is 12.4. The molecule has 0 aromatic rings. The predicted octanol–water partition coefficient (Wildman–Crippen LogP) is 3.57. The molecule has 0 saturated heterocycles. The molecule has 3 heteroatoms. The van der Waals surface area contributed by atoms with Crippen LogP contribution in [0.5, 0.6) is 0 Å². The van der Waals surface area contributed by atoms with Crippen molar-refractivity contribution in [3.05, 3.63) is 0 Å². The molecule has 2 atom stereocenters. The summed E-state index contributed by atoms with van der Waals surface area (Å²) in [4.78, 5) is 24.1. The van der Waals surface area contributed by atoms with Crippen LogP contribution in [0.15, 0.2) is 0 Å². The van der Waals surface area contributed by atoms with E-state index in [1.54, 1.807) is 0 Å². The molecule has 0 aromatic carbocycles. The third-order valence-electron chi connectivity index (χ3n) is 4.02. The Morgan fingerprint density at radius 1 is 1.11 bits per heavy atom. The highest BCUT2D eigenvalue weighted by molar-refractivity contribution is 5.89. The molecule has 0 saturated carbocycles. The first-order valence-electron chi connectivity index (χ1n) is 7.24. The van der Waals surface area contributed by atoms with Crippen molar-refractivity contribution in [1.29, 1.82) is 0 Å². The average molecular weight is 269 g/mol. The van der Waals surface area contributed by atoms with Gasteiger partial charge in [0.25, 0.3) is 0 Å². The molecule has 0 fully saturated rings. The third kappa shape index (κ3) is 5.33. The number of Topliss-reactive ketones (excluding diaryl/α,β-unsaturated/α-hetero) is 1. The molecule has 0 aromatic heterocycles. The Balaban J connectivity index is 4.89. The molecule has 0 spiro atoms. The fourth-order valence-electron chi connectivity index (χ4n) is 2.41. The SMILES string of the molecule is CCCC(C)(C)C(C)C(=O)NC(C(C)=O)C(C)(C)C. The van der Waals surface area contributed by atoms with Crippen LogP contribution in [0.2, 0.25) is 0 Å². The molecule has 19 heavy (non-hydrogen) atoms. The van der Waals surface area contributed by atoms with Crippen molar-refractivity contribution in [2.45, 2.75) is 74.3 Å². The van der Waals surface area contributed by atoms with E-state index in [1.165, 1.54) is 6.92 Å². The zero-order valence-electron chi connectivity index (χ0n) is 13.9. The van der Waals surface area contributed by atoms with Gasteiger partial charge in [0, 0.05) is 5.92 Å². The topological polar surface area (TPSA) is 46.2 Å². The Bertz CT molecular complexity index is 326. The Morgan fingerprint density at radius 3 is 1.89 bits per heavy atom. The lowest BCUT2D eigenvalue weighted by Crippen LogP contribution is -2.51. The number of amides is 1. The van der Waals surface area contributed by atoms with Crippen molar-refractivity contribution in [2.75, 3.05) is 0 Å². The molecule has 0 aliphatic heterocycles. The van der Waals surface area contributed by atoms with Gasteiger partial charge in [-0.15, -0.1) is 0 Å². The number of hydrogen-bond acceptors (Lipinski definition) is 2. The Labute approximate surface area is 118 Å². The first-order valence-corrected chi connectivity index (χ1v) is 7.24. The molecule has 0 heterocycles. The summed E-state index contributed by atoms with van der Waals surface area (Å²) in [7, 11) is 0. The molecule has 1 N–H and O–H groups in total. The van der Waals surface area contributed by atoms with Crippen LogP contribution in [0.4, 0.5) is 0 Å². The molecule has 0 rings (SSSR count). The number of hydrogen-bond donors (Lipinski definition) is 1. The molecular formula is C16H31NO2. The van der Waals surface area contributed by atoms with Crippen LogP contribution in [0.3, 0.4) is 0 Å². The van der Waals surface area contributed by atoms with E-state index in [1.807, 2.05) is 27.7 Å². The standard InChI is InChI=1S/C16H31NO2/c1-9-10-16(7,8)11(2)14(19)17-13(12(3)18)15(4,5)6/h11,13H,9-10H2,1-8H3,(H,17,19). The zero-order valence-corrected chi connectivity index (χ0v) is 13.9. The number of nitrogens with one attached hydrogen (secondary N) is 1. The lowest BCUT2D eigenvalue weighted by Gasteiger charge is -2.35. The molecule has 0 radical (unpaired) electrons. The van der Waals surface area contributed by atoms with Crippen LogP contribution >= 0.6 is 0 Å². The van der Waals surface area contributed by atoms with Gasteiger partial charge in [-0.2, -0.15) is 0 Å². The number of rotatable bonds is 6. The van der Waals surface area contributed by atoms with E-state index in [0.29, 0.717) is 0 Å². The van der Waals surface area contributed by atoms with Crippen LogP contribution in [0.1, 0.15) is 68.2 Å². The first-order chi connectivity index (χ1) is 8.43. The van der Waals surface area contributed by atoms with E-state index in [2.05, 4.69) is 26.1 Å². The largest absolute Gasteiger partial charge is 0.346 e. The minimum Gasteiger partial charge on any atom is -0.346 e. The van der Waals surface area contributed by atoms with Gasteiger partial charge in [0.05, 0.1) is 6.04 Å². The molecular weight excluding hydrogens is 238 g/mol. The van der Waals surface area contributed by atoms with E-state index in [-0.39, 0.29) is 28.4 Å². The van der Waals surface area contributed by atoms with Gasteiger partial charge in [-0.1, -0.05) is 54.9 Å². The summed E-state index contributed by atoms with van der Waals surface area (Å²) in [6.07, 6.45) is 2.06. The quantitative estimate of drug-likeness (QED) is 0.801. The van der Waals surface area contributed by atoms with Gasteiger partial charge < -0.3 is 5.32 Å².